The first-order chi connectivity index (χ1) is 14.0. The van der Waals surface area contributed by atoms with Crippen LogP contribution in [0.1, 0.15) is 24.0 Å². The number of carbonyl (C=O) groups excluding carboxylic acids is 1. The summed E-state index contributed by atoms with van der Waals surface area (Å²) in [4.78, 5) is 12.2. The molecule has 0 atom stereocenters. The Kier molecular flexibility index (Phi) is 7.85. The number of benzene rings is 2. The zero-order chi connectivity index (χ0) is 22.4. The van der Waals surface area contributed by atoms with Crippen LogP contribution < -0.4 is 9.62 Å². The first-order valence-corrected chi connectivity index (χ1v) is 10.9. The van der Waals surface area contributed by atoms with E-state index in [0.717, 1.165) is 40.4 Å². The molecule has 6 nitrogen and oxygen atoms in total. The Bertz CT molecular complexity index is 961. The Morgan fingerprint density at radius 2 is 1.80 bits per heavy atom. The molecule has 0 heterocycles. The second kappa shape index (κ2) is 9.94. The highest BCUT2D eigenvalue weighted by atomic mass is 32.2. The Hall–Kier alpha value is -2.59. The number of hydrogen-bond acceptors (Lipinski definition) is 4. The van der Waals surface area contributed by atoms with E-state index in [-0.39, 0.29) is 31.0 Å². The van der Waals surface area contributed by atoms with Crippen LogP contribution in [0.15, 0.2) is 48.5 Å². The highest BCUT2D eigenvalue weighted by Crippen LogP contribution is 2.31. The molecule has 1 amide bonds. The van der Waals surface area contributed by atoms with Gasteiger partial charge in [-0.3, -0.25) is 9.10 Å². The largest absolute Gasteiger partial charge is 0.416 e. The van der Waals surface area contributed by atoms with E-state index in [1.165, 1.54) is 0 Å². The SMILES string of the molecule is COCc1cccc(NC(=O)CCCN(c2ccc(C(F)(F)F)cc2)S(C)(=O)=O)c1. The van der Waals surface area contributed by atoms with E-state index in [4.69, 9.17) is 4.74 Å². The van der Waals surface area contributed by atoms with Crippen molar-refractivity contribution in [3.63, 3.8) is 0 Å². The summed E-state index contributed by atoms with van der Waals surface area (Å²) in [6.45, 7) is 0.363. The van der Waals surface area contributed by atoms with Crippen molar-refractivity contribution in [2.75, 3.05) is 29.5 Å². The van der Waals surface area contributed by atoms with Gasteiger partial charge in [0.05, 0.1) is 24.1 Å². The molecule has 0 radical (unpaired) electrons. The highest BCUT2D eigenvalue weighted by molar-refractivity contribution is 7.92. The number of anilines is 2. The van der Waals surface area contributed by atoms with Gasteiger partial charge in [0.25, 0.3) is 0 Å². The molecule has 0 unspecified atom stereocenters. The fraction of sp³-hybridized carbons (Fsp3) is 0.350. The molecule has 0 saturated carbocycles. The number of nitrogens with one attached hydrogen (secondary N) is 1. The molecule has 0 saturated heterocycles. The average Bonchev–Trinajstić information content (AvgIpc) is 2.64. The third-order valence-electron chi connectivity index (χ3n) is 4.17. The van der Waals surface area contributed by atoms with E-state index in [0.29, 0.717) is 12.3 Å². The molecule has 0 aromatic heterocycles. The lowest BCUT2D eigenvalue weighted by molar-refractivity contribution is -0.137. The number of methoxy groups -OCH3 is 1. The molecule has 0 bridgehead atoms. The molecule has 0 spiro atoms. The quantitative estimate of drug-likeness (QED) is 0.634. The van der Waals surface area contributed by atoms with E-state index >= 15 is 0 Å². The molecule has 0 aliphatic rings. The molecule has 0 fully saturated rings. The first-order valence-electron chi connectivity index (χ1n) is 9.03. The zero-order valence-electron chi connectivity index (χ0n) is 16.6. The predicted molar refractivity (Wildman–Crippen MR) is 109 cm³/mol. The van der Waals surface area contributed by atoms with Crippen molar-refractivity contribution in [1.82, 2.24) is 0 Å². The van der Waals surface area contributed by atoms with E-state index in [1.54, 1.807) is 25.3 Å². The number of alkyl halides is 3. The molecular formula is C20H23F3N2O4S. The molecule has 30 heavy (non-hydrogen) atoms. The number of halogens is 3. The van der Waals surface area contributed by atoms with E-state index in [1.807, 2.05) is 6.07 Å². The van der Waals surface area contributed by atoms with Crippen molar-refractivity contribution in [3.8, 4) is 0 Å². The van der Waals surface area contributed by atoms with Gasteiger partial charge < -0.3 is 10.1 Å². The summed E-state index contributed by atoms with van der Waals surface area (Å²) >= 11 is 0. The van der Waals surface area contributed by atoms with Crippen molar-refractivity contribution < 1.29 is 31.1 Å². The molecule has 2 aromatic carbocycles. The maximum Gasteiger partial charge on any atom is 0.416 e. The van der Waals surface area contributed by atoms with Crippen molar-refractivity contribution in [2.45, 2.75) is 25.6 Å². The van der Waals surface area contributed by atoms with E-state index < -0.39 is 21.8 Å². The highest BCUT2D eigenvalue weighted by Gasteiger charge is 2.30. The van der Waals surface area contributed by atoms with Gasteiger partial charge in [0, 0.05) is 25.8 Å². The van der Waals surface area contributed by atoms with Crippen LogP contribution in [0.3, 0.4) is 0 Å². The number of amides is 1. The molecule has 2 rings (SSSR count). The van der Waals surface area contributed by atoms with Gasteiger partial charge >= 0.3 is 6.18 Å². The standard InChI is InChI=1S/C20H23F3N2O4S/c1-29-14-15-5-3-6-17(13-15)24-19(26)7-4-12-25(30(2,27)28)18-10-8-16(9-11-18)20(21,22)23/h3,5-6,8-11,13H,4,7,12,14H2,1-2H3,(H,24,26). The second-order valence-corrected chi connectivity index (χ2v) is 8.57. The molecular weight excluding hydrogens is 421 g/mol. The van der Waals surface area contributed by atoms with Gasteiger partial charge in [0.2, 0.25) is 15.9 Å². The zero-order valence-corrected chi connectivity index (χ0v) is 17.4. The topological polar surface area (TPSA) is 75.7 Å². The number of nitrogens with zero attached hydrogens (tertiary/aromatic N) is 1. The van der Waals surface area contributed by atoms with Gasteiger partial charge in [0.15, 0.2) is 0 Å². The number of ether oxygens (including phenoxy) is 1. The second-order valence-electron chi connectivity index (χ2n) is 6.66. The van der Waals surface area contributed by atoms with Gasteiger partial charge in [-0.25, -0.2) is 8.42 Å². The smallest absolute Gasteiger partial charge is 0.380 e. The molecule has 1 N–H and O–H groups in total. The maximum absolute atomic E-state index is 12.7. The number of sulfonamides is 1. The lowest BCUT2D eigenvalue weighted by Crippen LogP contribution is -2.31. The summed E-state index contributed by atoms with van der Waals surface area (Å²) in [6.07, 6.45) is -3.31. The van der Waals surface area contributed by atoms with Crippen LogP contribution in [0.2, 0.25) is 0 Å². The Labute approximate surface area is 173 Å². The van der Waals surface area contributed by atoms with Crippen LogP contribution in [-0.4, -0.2) is 34.2 Å². The molecule has 0 aliphatic carbocycles. The van der Waals surface area contributed by atoms with Crippen LogP contribution in [-0.2, 0) is 32.3 Å². The van der Waals surface area contributed by atoms with Crippen LogP contribution >= 0.6 is 0 Å². The minimum Gasteiger partial charge on any atom is -0.380 e. The first kappa shape index (κ1) is 23.7. The lowest BCUT2D eigenvalue weighted by atomic mass is 10.2. The normalized spacial score (nSPS) is 11.9. The minimum absolute atomic E-state index is 0.0403. The van der Waals surface area contributed by atoms with Crippen molar-refractivity contribution >= 4 is 27.3 Å². The number of carbonyl (C=O) groups is 1. The van der Waals surface area contributed by atoms with Gasteiger partial charge in [-0.15, -0.1) is 0 Å². The number of hydrogen-bond donors (Lipinski definition) is 1. The summed E-state index contributed by atoms with van der Waals surface area (Å²) in [7, 11) is -2.16. The summed E-state index contributed by atoms with van der Waals surface area (Å²) < 4.78 is 68.3. The molecule has 164 valence electrons. The van der Waals surface area contributed by atoms with Crippen LogP contribution in [0.25, 0.3) is 0 Å². The third kappa shape index (κ3) is 7.03. The summed E-state index contributed by atoms with van der Waals surface area (Å²) in [5.74, 6) is -0.301. The van der Waals surface area contributed by atoms with Gasteiger partial charge in [0.1, 0.15) is 0 Å². The van der Waals surface area contributed by atoms with Crippen molar-refractivity contribution in [3.05, 3.63) is 59.7 Å². The van der Waals surface area contributed by atoms with E-state index in [9.17, 15) is 26.4 Å². The average molecular weight is 444 g/mol. The third-order valence-corrected chi connectivity index (χ3v) is 5.36. The molecule has 0 aliphatic heterocycles. The van der Waals surface area contributed by atoms with Crippen LogP contribution in [0, 0.1) is 0 Å². The fourth-order valence-corrected chi connectivity index (χ4v) is 3.78. The molecule has 10 heteroatoms. The maximum atomic E-state index is 12.7. The van der Waals surface area contributed by atoms with Crippen molar-refractivity contribution in [1.29, 1.82) is 0 Å². The summed E-state index contributed by atoms with van der Waals surface area (Å²) in [5.41, 5.74) is 0.728. The summed E-state index contributed by atoms with van der Waals surface area (Å²) in [5, 5.41) is 2.73. The van der Waals surface area contributed by atoms with Crippen LogP contribution in [0.5, 0.6) is 0 Å². The minimum atomic E-state index is -4.51. The molecule has 2 aromatic rings. The Morgan fingerprint density at radius 3 is 2.37 bits per heavy atom. The van der Waals surface area contributed by atoms with Crippen LogP contribution in [0.4, 0.5) is 24.5 Å². The van der Waals surface area contributed by atoms with E-state index in [2.05, 4.69) is 5.32 Å². The monoisotopic (exact) mass is 444 g/mol. The lowest BCUT2D eigenvalue weighted by Gasteiger charge is -2.22. The van der Waals surface area contributed by atoms with Gasteiger partial charge in [-0.1, -0.05) is 12.1 Å². The number of rotatable bonds is 9. The van der Waals surface area contributed by atoms with Crippen molar-refractivity contribution in [2.24, 2.45) is 0 Å². The van der Waals surface area contributed by atoms with Gasteiger partial charge in [-0.2, -0.15) is 13.2 Å². The Morgan fingerprint density at radius 1 is 1.13 bits per heavy atom. The van der Waals surface area contributed by atoms with Gasteiger partial charge in [-0.05, 0) is 48.4 Å². The Balaban J connectivity index is 1.98. The fourth-order valence-electron chi connectivity index (χ4n) is 2.82. The predicted octanol–water partition coefficient (Wildman–Crippen LogP) is 4.04. The summed E-state index contributed by atoms with van der Waals surface area (Å²) in [6, 6.07) is 11.0.